The molecule has 1 unspecified atom stereocenters. The molecule has 0 saturated heterocycles. The van der Waals surface area contributed by atoms with E-state index in [0.29, 0.717) is 0 Å². The molecule has 26 heavy (non-hydrogen) atoms. The lowest BCUT2D eigenvalue weighted by atomic mass is 10.1. The van der Waals surface area contributed by atoms with E-state index in [9.17, 15) is 0 Å². The van der Waals surface area contributed by atoms with Gasteiger partial charge in [-0.15, -0.1) is 7.53 Å². The van der Waals surface area contributed by atoms with Gasteiger partial charge in [-0.05, 0) is 42.6 Å². The third-order valence-corrected chi connectivity index (χ3v) is 7.19. The zero-order valence-corrected chi connectivity index (χ0v) is 15.6. The maximum atomic E-state index is 4.93. The molecule has 0 aliphatic rings. The molecule has 5 aromatic rings. The minimum absolute atomic E-state index is 0.363. The Bertz CT molecular complexity index is 1260. The van der Waals surface area contributed by atoms with Crippen LogP contribution in [0, 0.1) is 6.92 Å². The molecule has 3 aromatic heterocycles. The molecular weight excluding hydrogens is 337 g/mol. The maximum absolute atomic E-state index is 4.93. The monoisotopic (exact) mass is 355 g/mol. The summed E-state index contributed by atoms with van der Waals surface area (Å²) in [7, 11) is -0.363. The van der Waals surface area contributed by atoms with E-state index in [1.54, 1.807) is 0 Å². The first-order chi connectivity index (χ1) is 12.7. The Morgan fingerprint density at radius 1 is 0.808 bits per heavy atom. The SMILES string of the molecule is Cc1cc(-c2cccc(-c3cccc4c5ccccc5p(C)c34)n2)n[nH]1. The molecule has 3 heterocycles. The largest absolute Gasteiger partial charge is 0.282 e. The highest BCUT2D eigenvalue weighted by Crippen LogP contribution is 2.50. The van der Waals surface area contributed by atoms with E-state index >= 15 is 0 Å². The number of hydrogen-bond donors (Lipinski definition) is 1. The zero-order chi connectivity index (χ0) is 17.7. The van der Waals surface area contributed by atoms with Gasteiger partial charge in [0.1, 0.15) is 5.69 Å². The Morgan fingerprint density at radius 2 is 1.58 bits per heavy atom. The molecule has 4 heteroatoms. The summed E-state index contributed by atoms with van der Waals surface area (Å²) in [6.07, 6.45) is 0. The minimum atomic E-state index is -0.363. The highest BCUT2D eigenvalue weighted by molar-refractivity contribution is 7.60. The molecule has 0 radical (unpaired) electrons. The molecule has 0 amide bonds. The first kappa shape index (κ1) is 15.4. The zero-order valence-electron chi connectivity index (χ0n) is 14.7. The first-order valence-electron chi connectivity index (χ1n) is 8.68. The fourth-order valence-electron chi connectivity index (χ4n) is 3.72. The van der Waals surface area contributed by atoms with Crippen LogP contribution in [0.4, 0.5) is 0 Å². The van der Waals surface area contributed by atoms with Crippen molar-refractivity contribution in [3.05, 3.63) is 72.4 Å². The standard InChI is InChI=1S/C22H18N3P/c1-14-13-20(25-24-14)19-11-6-10-18(23-19)17-9-5-8-16-15-7-3-4-12-21(15)26(2)22(16)17/h3-13H,1-2H3,(H,24,25). The van der Waals surface area contributed by atoms with Gasteiger partial charge in [-0.25, -0.2) is 4.98 Å². The maximum Gasteiger partial charge on any atom is 0.111 e. The van der Waals surface area contributed by atoms with E-state index in [1.807, 2.05) is 19.1 Å². The topological polar surface area (TPSA) is 41.6 Å². The summed E-state index contributed by atoms with van der Waals surface area (Å²) in [5, 5.41) is 13.0. The summed E-state index contributed by atoms with van der Waals surface area (Å²) < 4.78 is 0. The number of hydrogen-bond acceptors (Lipinski definition) is 2. The number of rotatable bonds is 2. The summed E-state index contributed by atoms with van der Waals surface area (Å²) in [4.78, 5) is 4.93. The lowest BCUT2D eigenvalue weighted by Crippen LogP contribution is -1.88. The lowest BCUT2D eigenvalue weighted by Gasteiger charge is -2.06. The van der Waals surface area contributed by atoms with E-state index in [2.05, 4.69) is 71.5 Å². The Balaban J connectivity index is 1.78. The van der Waals surface area contributed by atoms with Gasteiger partial charge >= 0.3 is 0 Å². The Hall–Kier alpha value is -2.90. The molecule has 0 bridgehead atoms. The molecule has 0 aliphatic heterocycles. The summed E-state index contributed by atoms with van der Waals surface area (Å²) >= 11 is 0. The molecular formula is C22H18N3P. The second-order valence-electron chi connectivity index (χ2n) is 6.62. The molecule has 0 saturated carbocycles. The van der Waals surface area contributed by atoms with Crippen molar-refractivity contribution in [3.8, 4) is 22.6 Å². The molecule has 1 atom stereocenters. The minimum Gasteiger partial charge on any atom is -0.282 e. The van der Waals surface area contributed by atoms with Crippen LogP contribution in [-0.2, 0) is 6.66 Å². The van der Waals surface area contributed by atoms with Crippen LogP contribution in [0.2, 0.25) is 0 Å². The number of H-pyrrole nitrogens is 1. The highest BCUT2D eigenvalue weighted by Gasteiger charge is 2.14. The number of aromatic amines is 1. The Labute approximate surface area is 152 Å². The number of aromatic nitrogens is 3. The molecule has 3 nitrogen and oxygen atoms in total. The van der Waals surface area contributed by atoms with Gasteiger partial charge in [0.15, 0.2) is 0 Å². The van der Waals surface area contributed by atoms with Crippen LogP contribution in [0.3, 0.4) is 0 Å². The van der Waals surface area contributed by atoms with Gasteiger partial charge in [0.25, 0.3) is 0 Å². The van der Waals surface area contributed by atoms with E-state index < -0.39 is 0 Å². The van der Waals surface area contributed by atoms with Crippen LogP contribution >= 0.6 is 7.53 Å². The average molecular weight is 355 g/mol. The van der Waals surface area contributed by atoms with Gasteiger partial charge in [0.05, 0.1) is 11.4 Å². The first-order valence-corrected chi connectivity index (χ1v) is 10.5. The molecule has 126 valence electrons. The average Bonchev–Trinajstić information content (AvgIpc) is 3.24. The van der Waals surface area contributed by atoms with Crippen molar-refractivity contribution in [2.45, 2.75) is 6.92 Å². The van der Waals surface area contributed by atoms with E-state index in [-0.39, 0.29) is 7.53 Å². The van der Waals surface area contributed by atoms with Gasteiger partial charge in [0.2, 0.25) is 0 Å². The van der Waals surface area contributed by atoms with Crippen LogP contribution in [-0.4, -0.2) is 15.2 Å². The molecule has 2 aromatic carbocycles. The number of nitrogens with zero attached hydrogens (tertiary/aromatic N) is 2. The van der Waals surface area contributed by atoms with Crippen molar-refractivity contribution in [1.82, 2.24) is 15.2 Å². The quantitative estimate of drug-likeness (QED) is 0.405. The van der Waals surface area contributed by atoms with Crippen molar-refractivity contribution < 1.29 is 0 Å². The lowest BCUT2D eigenvalue weighted by molar-refractivity contribution is 1.05. The van der Waals surface area contributed by atoms with Crippen molar-refractivity contribution in [2.24, 2.45) is 6.66 Å². The number of fused-ring (bicyclic) bond motifs is 3. The van der Waals surface area contributed by atoms with Gasteiger partial charge < -0.3 is 0 Å². The number of nitrogens with one attached hydrogen (secondary N) is 1. The summed E-state index contributed by atoms with van der Waals surface area (Å²) in [6.45, 7) is 4.36. The van der Waals surface area contributed by atoms with Crippen LogP contribution in [0.15, 0.2) is 66.7 Å². The van der Waals surface area contributed by atoms with Gasteiger partial charge in [-0.3, -0.25) is 5.10 Å². The van der Waals surface area contributed by atoms with Crippen molar-refractivity contribution in [3.63, 3.8) is 0 Å². The van der Waals surface area contributed by atoms with E-state index in [1.165, 1.54) is 26.6 Å². The Kier molecular flexibility index (Phi) is 3.44. The van der Waals surface area contributed by atoms with Crippen molar-refractivity contribution in [2.75, 3.05) is 0 Å². The third-order valence-electron chi connectivity index (χ3n) is 4.92. The number of aryl methyl sites for hydroxylation is 2. The summed E-state index contributed by atoms with van der Waals surface area (Å²) in [6, 6.07) is 23.6. The fourth-order valence-corrected chi connectivity index (χ4v) is 5.93. The molecule has 0 spiro atoms. The van der Waals surface area contributed by atoms with Crippen molar-refractivity contribution >= 4 is 28.5 Å². The Morgan fingerprint density at radius 3 is 2.42 bits per heavy atom. The fraction of sp³-hybridized carbons (Fsp3) is 0.0909. The van der Waals surface area contributed by atoms with Crippen LogP contribution in [0.5, 0.6) is 0 Å². The van der Waals surface area contributed by atoms with Crippen LogP contribution in [0.25, 0.3) is 43.7 Å². The molecule has 1 N–H and O–H groups in total. The van der Waals surface area contributed by atoms with Gasteiger partial charge in [-0.1, -0.05) is 48.5 Å². The third kappa shape index (κ3) is 2.28. The number of pyridine rings is 1. The highest BCUT2D eigenvalue weighted by atomic mass is 31.1. The van der Waals surface area contributed by atoms with Crippen LogP contribution < -0.4 is 0 Å². The molecule has 0 fully saturated rings. The van der Waals surface area contributed by atoms with Crippen molar-refractivity contribution in [1.29, 1.82) is 0 Å². The predicted octanol–water partition coefficient (Wildman–Crippen LogP) is 6.28. The number of benzene rings is 2. The van der Waals surface area contributed by atoms with Gasteiger partial charge in [-0.2, -0.15) is 5.10 Å². The smallest absolute Gasteiger partial charge is 0.111 e. The molecule has 0 aliphatic carbocycles. The predicted molar refractivity (Wildman–Crippen MR) is 111 cm³/mol. The second-order valence-corrected chi connectivity index (χ2v) is 8.67. The van der Waals surface area contributed by atoms with E-state index in [0.717, 1.165) is 22.8 Å². The normalized spacial score (nSPS) is 12.2. The summed E-state index contributed by atoms with van der Waals surface area (Å²) in [5.74, 6) is 0. The summed E-state index contributed by atoms with van der Waals surface area (Å²) in [5.41, 5.74) is 5.09. The van der Waals surface area contributed by atoms with Gasteiger partial charge in [0, 0.05) is 21.5 Å². The molecule has 5 rings (SSSR count). The van der Waals surface area contributed by atoms with Crippen LogP contribution in [0.1, 0.15) is 5.69 Å². The second kappa shape index (κ2) is 5.82. The van der Waals surface area contributed by atoms with E-state index in [4.69, 9.17) is 4.98 Å².